The normalized spacial score (nSPS) is 10.7. The molecule has 0 fully saturated rings. The maximum Gasteiger partial charge on any atom is 0.253 e. The first-order valence-electron chi connectivity index (χ1n) is 4.85. The van der Waals surface area contributed by atoms with Crippen LogP contribution >= 0.6 is 0 Å². The third-order valence-electron chi connectivity index (χ3n) is 2.11. The van der Waals surface area contributed by atoms with Crippen molar-refractivity contribution in [3.05, 3.63) is 41.1 Å². The van der Waals surface area contributed by atoms with E-state index in [1.165, 1.54) is 6.07 Å². The Bertz CT molecular complexity index is 558. The molecule has 1 N–H and O–H groups in total. The number of hydrogen-bond acceptors (Lipinski definition) is 4. The second-order valence-corrected chi connectivity index (χ2v) is 3.48. The van der Waals surface area contributed by atoms with Crippen LogP contribution in [0, 0.1) is 30.5 Å². The van der Waals surface area contributed by atoms with Crippen molar-refractivity contribution in [3.8, 4) is 0 Å². The van der Waals surface area contributed by atoms with Crippen LogP contribution in [0.2, 0.25) is 0 Å². The summed E-state index contributed by atoms with van der Waals surface area (Å²) in [4.78, 5) is 2.43. The molecule has 4 nitrogen and oxygen atoms in total. The van der Waals surface area contributed by atoms with Crippen molar-refractivity contribution in [2.45, 2.75) is 13.5 Å². The highest BCUT2D eigenvalue weighted by Crippen LogP contribution is 2.22. The van der Waals surface area contributed by atoms with Crippen molar-refractivity contribution >= 4 is 5.69 Å². The van der Waals surface area contributed by atoms with Gasteiger partial charge in [-0.05, 0) is 6.92 Å². The highest BCUT2D eigenvalue weighted by atomic mass is 19.2. The van der Waals surface area contributed by atoms with E-state index < -0.39 is 29.2 Å². The lowest BCUT2D eigenvalue weighted by Crippen LogP contribution is -2.09. The summed E-state index contributed by atoms with van der Waals surface area (Å²) >= 11 is 0. The standard InChI is InChI=1S/C10H7F4N3O/c1-4-2-5(18-17-4)3-15-8-6(11)9(13)16-10(14)7(8)12/h2H,3H2,1H3,(H,15,16). The molecule has 0 radical (unpaired) electrons. The molecule has 0 bridgehead atoms. The maximum atomic E-state index is 13.2. The zero-order chi connectivity index (χ0) is 13.3. The molecule has 0 aliphatic rings. The Morgan fingerprint density at radius 1 is 1.17 bits per heavy atom. The van der Waals surface area contributed by atoms with E-state index >= 15 is 0 Å². The summed E-state index contributed by atoms with van der Waals surface area (Å²) in [5.41, 5.74) is -0.367. The lowest BCUT2D eigenvalue weighted by molar-refractivity contribution is 0.382. The van der Waals surface area contributed by atoms with Gasteiger partial charge in [-0.15, -0.1) is 0 Å². The van der Waals surface area contributed by atoms with E-state index in [4.69, 9.17) is 4.52 Å². The predicted molar refractivity (Wildman–Crippen MR) is 52.6 cm³/mol. The number of rotatable bonds is 3. The molecular formula is C10H7F4N3O. The number of anilines is 1. The number of hydrogen-bond donors (Lipinski definition) is 1. The third kappa shape index (κ3) is 2.27. The van der Waals surface area contributed by atoms with Gasteiger partial charge < -0.3 is 9.84 Å². The molecule has 0 unspecified atom stereocenters. The van der Waals surface area contributed by atoms with E-state index in [0.717, 1.165) is 0 Å². The monoisotopic (exact) mass is 261 g/mol. The van der Waals surface area contributed by atoms with Crippen LogP contribution in [0.5, 0.6) is 0 Å². The molecule has 0 saturated heterocycles. The van der Waals surface area contributed by atoms with Gasteiger partial charge in [-0.2, -0.15) is 22.5 Å². The molecule has 2 aromatic rings. The Labute approximate surface area is 98.6 Å². The van der Waals surface area contributed by atoms with Gasteiger partial charge in [-0.1, -0.05) is 5.16 Å². The van der Waals surface area contributed by atoms with Gasteiger partial charge in [0.05, 0.1) is 12.2 Å². The van der Waals surface area contributed by atoms with Crippen LogP contribution in [0.25, 0.3) is 0 Å². The molecule has 8 heteroatoms. The number of aromatic nitrogens is 2. The van der Waals surface area contributed by atoms with E-state index in [1.54, 1.807) is 6.92 Å². The van der Waals surface area contributed by atoms with Crippen molar-refractivity contribution < 1.29 is 22.1 Å². The summed E-state index contributed by atoms with van der Waals surface area (Å²) in [6, 6.07) is 1.51. The zero-order valence-electron chi connectivity index (χ0n) is 9.10. The first-order chi connectivity index (χ1) is 8.49. The minimum absolute atomic E-state index is 0.169. The first-order valence-corrected chi connectivity index (χ1v) is 4.85. The molecule has 0 spiro atoms. The minimum Gasteiger partial charge on any atom is -0.373 e. The molecule has 2 heterocycles. The number of pyridine rings is 1. The number of halogens is 4. The molecule has 2 aromatic heterocycles. The second kappa shape index (κ2) is 4.63. The Balaban J connectivity index is 2.24. The maximum absolute atomic E-state index is 13.2. The van der Waals surface area contributed by atoms with Crippen molar-refractivity contribution in [1.82, 2.24) is 10.1 Å². The van der Waals surface area contributed by atoms with Crippen molar-refractivity contribution in [2.75, 3.05) is 5.32 Å². The minimum atomic E-state index is -1.72. The quantitative estimate of drug-likeness (QED) is 0.681. The summed E-state index contributed by atoms with van der Waals surface area (Å²) in [5.74, 6) is -6.35. The van der Waals surface area contributed by atoms with Gasteiger partial charge in [-0.3, -0.25) is 0 Å². The highest BCUT2D eigenvalue weighted by molar-refractivity contribution is 5.45. The molecule has 2 rings (SSSR count). The van der Waals surface area contributed by atoms with E-state index in [2.05, 4.69) is 15.5 Å². The van der Waals surface area contributed by atoms with Crippen LogP contribution in [0.3, 0.4) is 0 Å². The number of nitrogens with zero attached hydrogens (tertiary/aromatic N) is 2. The van der Waals surface area contributed by atoms with Crippen LogP contribution in [0.1, 0.15) is 11.5 Å². The lowest BCUT2D eigenvalue weighted by Gasteiger charge is -2.07. The van der Waals surface area contributed by atoms with Crippen molar-refractivity contribution in [1.29, 1.82) is 0 Å². The van der Waals surface area contributed by atoms with Crippen LogP contribution in [-0.2, 0) is 6.54 Å². The fraction of sp³-hybridized carbons (Fsp3) is 0.200. The number of nitrogens with one attached hydrogen (secondary N) is 1. The third-order valence-corrected chi connectivity index (χ3v) is 2.11. The fourth-order valence-electron chi connectivity index (χ4n) is 1.32. The van der Waals surface area contributed by atoms with Gasteiger partial charge >= 0.3 is 0 Å². The SMILES string of the molecule is Cc1cc(CNc2c(F)c(F)nc(F)c2F)on1. The van der Waals surface area contributed by atoms with Crippen LogP contribution in [0.4, 0.5) is 23.2 Å². The van der Waals surface area contributed by atoms with Gasteiger partial charge in [0.15, 0.2) is 5.76 Å². The largest absolute Gasteiger partial charge is 0.373 e. The molecule has 0 aliphatic heterocycles. The van der Waals surface area contributed by atoms with Gasteiger partial charge in [0.2, 0.25) is 11.6 Å². The summed E-state index contributed by atoms with van der Waals surface area (Å²) in [6.45, 7) is 1.48. The lowest BCUT2D eigenvalue weighted by atomic mass is 10.3. The average Bonchev–Trinajstić information content (AvgIpc) is 2.73. The summed E-state index contributed by atoms with van der Waals surface area (Å²) in [5, 5.41) is 5.73. The molecule has 96 valence electrons. The van der Waals surface area contributed by atoms with Crippen molar-refractivity contribution in [3.63, 3.8) is 0 Å². The molecule has 0 saturated carbocycles. The zero-order valence-corrected chi connectivity index (χ0v) is 9.10. The summed E-state index contributed by atoms with van der Waals surface area (Å²) in [7, 11) is 0. The Hall–Kier alpha value is -2.12. The molecule has 0 amide bonds. The second-order valence-electron chi connectivity index (χ2n) is 3.48. The van der Waals surface area contributed by atoms with E-state index in [9.17, 15) is 17.6 Å². The Morgan fingerprint density at radius 2 is 1.78 bits per heavy atom. The van der Waals surface area contributed by atoms with Crippen LogP contribution < -0.4 is 5.32 Å². The summed E-state index contributed by atoms with van der Waals surface area (Å²) in [6.07, 6.45) is 0. The average molecular weight is 261 g/mol. The van der Waals surface area contributed by atoms with Crippen molar-refractivity contribution in [2.24, 2.45) is 0 Å². The fourth-order valence-corrected chi connectivity index (χ4v) is 1.32. The predicted octanol–water partition coefficient (Wildman–Crippen LogP) is 2.55. The Kier molecular flexibility index (Phi) is 3.17. The van der Waals surface area contributed by atoms with Gasteiger partial charge in [0.25, 0.3) is 11.9 Å². The van der Waals surface area contributed by atoms with Crippen LogP contribution in [0.15, 0.2) is 10.6 Å². The summed E-state index contributed by atoms with van der Waals surface area (Å²) < 4.78 is 56.7. The van der Waals surface area contributed by atoms with E-state index in [1.807, 2.05) is 0 Å². The van der Waals surface area contributed by atoms with Gasteiger partial charge in [-0.25, -0.2) is 0 Å². The number of aryl methyl sites for hydroxylation is 1. The first kappa shape index (κ1) is 12.3. The van der Waals surface area contributed by atoms with Gasteiger partial charge in [0.1, 0.15) is 5.69 Å². The Morgan fingerprint density at radius 3 is 2.28 bits per heavy atom. The highest BCUT2D eigenvalue weighted by Gasteiger charge is 2.20. The molecule has 0 aromatic carbocycles. The van der Waals surface area contributed by atoms with Crippen LogP contribution in [-0.4, -0.2) is 10.1 Å². The molecular weight excluding hydrogens is 254 g/mol. The molecule has 0 aliphatic carbocycles. The van der Waals surface area contributed by atoms with E-state index in [0.29, 0.717) is 5.69 Å². The smallest absolute Gasteiger partial charge is 0.253 e. The van der Waals surface area contributed by atoms with Gasteiger partial charge in [0, 0.05) is 6.07 Å². The van der Waals surface area contributed by atoms with E-state index in [-0.39, 0.29) is 12.3 Å². The topological polar surface area (TPSA) is 51.0 Å². The molecule has 0 atom stereocenters. The molecule has 18 heavy (non-hydrogen) atoms.